The number of piperidine rings is 1. The summed E-state index contributed by atoms with van der Waals surface area (Å²) in [5.41, 5.74) is 2.14. The van der Waals surface area contributed by atoms with Crippen LogP contribution in [0.1, 0.15) is 24.8 Å². The van der Waals surface area contributed by atoms with Crippen LogP contribution in [0.4, 0.5) is 11.6 Å². The van der Waals surface area contributed by atoms with E-state index in [0.29, 0.717) is 6.54 Å². The third-order valence-corrected chi connectivity index (χ3v) is 5.34. The third kappa shape index (κ3) is 3.97. The van der Waals surface area contributed by atoms with Crippen molar-refractivity contribution in [1.82, 2.24) is 9.97 Å². The molecule has 1 fully saturated rings. The largest absolute Gasteiger partial charge is 0.454 e. The highest BCUT2D eigenvalue weighted by atomic mass is 16.7. The number of ether oxygens (including phenoxy) is 2. The van der Waals surface area contributed by atoms with Gasteiger partial charge in [-0.05, 0) is 37.0 Å². The fourth-order valence-electron chi connectivity index (χ4n) is 3.77. The summed E-state index contributed by atoms with van der Waals surface area (Å²) in [6.07, 6.45) is 3.72. The van der Waals surface area contributed by atoms with Crippen molar-refractivity contribution in [2.24, 2.45) is 0 Å². The second kappa shape index (κ2) is 7.99. The van der Waals surface area contributed by atoms with Crippen molar-refractivity contribution in [1.29, 1.82) is 0 Å². The van der Waals surface area contributed by atoms with Gasteiger partial charge in [-0.3, -0.25) is 0 Å². The second-order valence-electron chi connectivity index (χ2n) is 7.39. The van der Waals surface area contributed by atoms with Gasteiger partial charge in [0.25, 0.3) is 0 Å². The predicted octanol–water partition coefficient (Wildman–Crippen LogP) is 4.47. The number of hydrogen-bond donors (Lipinski definition) is 1. The highest BCUT2D eigenvalue weighted by Crippen LogP contribution is 2.33. The van der Waals surface area contributed by atoms with Crippen molar-refractivity contribution in [3.05, 3.63) is 60.2 Å². The number of fused-ring (bicyclic) bond motifs is 1. The van der Waals surface area contributed by atoms with Crippen LogP contribution in [0.2, 0.25) is 0 Å². The third-order valence-electron chi connectivity index (χ3n) is 5.34. The Morgan fingerprint density at radius 3 is 2.55 bits per heavy atom. The summed E-state index contributed by atoms with van der Waals surface area (Å²) in [7, 11) is 0. The molecule has 2 aliphatic heterocycles. The van der Waals surface area contributed by atoms with E-state index in [1.165, 1.54) is 19.3 Å². The van der Waals surface area contributed by atoms with Gasteiger partial charge in [-0.2, -0.15) is 0 Å². The number of anilines is 2. The van der Waals surface area contributed by atoms with Gasteiger partial charge in [0.05, 0.1) is 0 Å². The van der Waals surface area contributed by atoms with Crippen molar-refractivity contribution in [3.8, 4) is 22.9 Å². The second-order valence-corrected chi connectivity index (χ2v) is 7.39. The molecule has 0 amide bonds. The molecule has 148 valence electrons. The van der Waals surface area contributed by atoms with Gasteiger partial charge >= 0.3 is 0 Å². The monoisotopic (exact) mass is 388 g/mol. The molecule has 6 heteroatoms. The highest BCUT2D eigenvalue weighted by Gasteiger charge is 2.16. The Bertz CT molecular complexity index is 987. The maximum atomic E-state index is 5.48. The summed E-state index contributed by atoms with van der Waals surface area (Å²) in [5.74, 6) is 4.17. The summed E-state index contributed by atoms with van der Waals surface area (Å²) >= 11 is 0. The summed E-state index contributed by atoms with van der Waals surface area (Å²) in [6.45, 7) is 3.04. The summed E-state index contributed by atoms with van der Waals surface area (Å²) < 4.78 is 10.9. The van der Waals surface area contributed by atoms with Crippen molar-refractivity contribution in [2.75, 3.05) is 30.1 Å². The molecule has 1 aromatic heterocycles. The van der Waals surface area contributed by atoms with Crippen LogP contribution in [0.15, 0.2) is 54.6 Å². The van der Waals surface area contributed by atoms with Crippen LogP contribution >= 0.6 is 0 Å². The Labute approximate surface area is 170 Å². The first-order valence-corrected chi connectivity index (χ1v) is 10.2. The van der Waals surface area contributed by atoms with Crippen LogP contribution < -0.4 is 19.7 Å². The van der Waals surface area contributed by atoms with Gasteiger partial charge in [0.15, 0.2) is 17.3 Å². The predicted molar refractivity (Wildman–Crippen MR) is 113 cm³/mol. The Balaban J connectivity index is 1.41. The average molecular weight is 388 g/mol. The first-order chi connectivity index (χ1) is 14.3. The lowest BCUT2D eigenvalue weighted by Gasteiger charge is -2.28. The summed E-state index contributed by atoms with van der Waals surface area (Å²) in [6, 6.07) is 18.2. The number of nitrogens with zero attached hydrogens (tertiary/aromatic N) is 3. The quantitative estimate of drug-likeness (QED) is 0.696. The number of aromatic nitrogens is 2. The summed E-state index contributed by atoms with van der Waals surface area (Å²) in [4.78, 5) is 12.0. The molecule has 2 aliphatic rings. The molecular weight excluding hydrogens is 364 g/mol. The molecule has 5 rings (SSSR count). The fourth-order valence-corrected chi connectivity index (χ4v) is 3.77. The van der Waals surface area contributed by atoms with Crippen molar-refractivity contribution in [2.45, 2.75) is 25.8 Å². The van der Waals surface area contributed by atoms with E-state index in [1.54, 1.807) is 0 Å². The van der Waals surface area contributed by atoms with E-state index in [0.717, 1.165) is 53.2 Å². The Morgan fingerprint density at radius 1 is 0.862 bits per heavy atom. The lowest BCUT2D eigenvalue weighted by molar-refractivity contribution is 0.174. The van der Waals surface area contributed by atoms with Crippen LogP contribution in [-0.2, 0) is 6.54 Å². The zero-order valence-corrected chi connectivity index (χ0v) is 16.3. The van der Waals surface area contributed by atoms with Crippen LogP contribution in [-0.4, -0.2) is 29.9 Å². The zero-order chi connectivity index (χ0) is 19.5. The number of nitrogens with one attached hydrogen (secondary N) is 1. The lowest BCUT2D eigenvalue weighted by atomic mass is 10.1. The van der Waals surface area contributed by atoms with Crippen LogP contribution in [0, 0.1) is 0 Å². The summed E-state index contributed by atoms with van der Waals surface area (Å²) in [5, 5.41) is 3.47. The molecule has 3 aromatic rings. The minimum atomic E-state index is 0.289. The zero-order valence-electron chi connectivity index (χ0n) is 16.3. The Hall–Kier alpha value is -3.28. The van der Waals surface area contributed by atoms with Crippen LogP contribution in [0.3, 0.4) is 0 Å². The molecule has 0 radical (unpaired) electrons. The van der Waals surface area contributed by atoms with Crippen molar-refractivity contribution >= 4 is 11.6 Å². The van der Waals surface area contributed by atoms with Gasteiger partial charge in [-0.25, -0.2) is 9.97 Å². The van der Waals surface area contributed by atoms with Crippen LogP contribution in [0.5, 0.6) is 11.5 Å². The van der Waals surface area contributed by atoms with Crippen molar-refractivity contribution < 1.29 is 9.47 Å². The van der Waals surface area contributed by atoms with Crippen LogP contribution in [0.25, 0.3) is 11.4 Å². The number of hydrogen-bond acceptors (Lipinski definition) is 6. The maximum absolute atomic E-state index is 5.48. The molecule has 3 heterocycles. The van der Waals surface area contributed by atoms with Crippen molar-refractivity contribution in [3.63, 3.8) is 0 Å². The first kappa shape index (κ1) is 17.8. The highest BCUT2D eigenvalue weighted by molar-refractivity contribution is 5.62. The molecule has 29 heavy (non-hydrogen) atoms. The SMILES string of the molecule is c1ccc(-c2nc(NCc3ccc4c(c3)OCO4)cc(N3CCCCC3)n2)cc1. The Morgan fingerprint density at radius 2 is 1.69 bits per heavy atom. The van der Waals surface area contributed by atoms with Gasteiger partial charge in [0.1, 0.15) is 11.6 Å². The normalized spacial score (nSPS) is 15.4. The van der Waals surface area contributed by atoms with E-state index in [-0.39, 0.29) is 6.79 Å². The van der Waals surface area contributed by atoms with E-state index in [9.17, 15) is 0 Å². The average Bonchev–Trinajstić information content (AvgIpc) is 3.27. The van der Waals surface area contributed by atoms with E-state index >= 15 is 0 Å². The fraction of sp³-hybridized carbons (Fsp3) is 0.304. The molecular formula is C23H24N4O2. The molecule has 1 saturated heterocycles. The van der Waals surface area contributed by atoms with Gasteiger partial charge in [0.2, 0.25) is 6.79 Å². The van der Waals surface area contributed by atoms with Gasteiger partial charge in [0, 0.05) is 31.3 Å². The molecule has 0 aliphatic carbocycles. The molecule has 0 saturated carbocycles. The molecule has 2 aromatic carbocycles. The maximum Gasteiger partial charge on any atom is 0.231 e. The number of rotatable bonds is 5. The standard InChI is InChI=1S/C23H24N4O2/c1-3-7-18(8-4-1)23-25-21(14-22(26-23)27-11-5-2-6-12-27)24-15-17-9-10-19-20(13-17)29-16-28-19/h1,3-4,7-10,13-14H,2,5-6,11-12,15-16H2,(H,24,25,26). The Kier molecular flexibility index (Phi) is 4.90. The smallest absolute Gasteiger partial charge is 0.231 e. The molecule has 6 nitrogen and oxygen atoms in total. The minimum Gasteiger partial charge on any atom is -0.454 e. The molecule has 0 bridgehead atoms. The van der Waals surface area contributed by atoms with Gasteiger partial charge < -0.3 is 19.7 Å². The van der Waals surface area contributed by atoms with E-state index in [1.807, 2.05) is 36.4 Å². The van der Waals surface area contributed by atoms with Gasteiger partial charge in [-0.15, -0.1) is 0 Å². The lowest BCUT2D eigenvalue weighted by Crippen LogP contribution is -2.30. The van der Waals surface area contributed by atoms with E-state index in [2.05, 4.69) is 28.4 Å². The molecule has 1 N–H and O–H groups in total. The van der Waals surface area contributed by atoms with E-state index < -0.39 is 0 Å². The number of benzene rings is 2. The first-order valence-electron chi connectivity index (χ1n) is 10.2. The molecule has 0 spiro atoms. The molecule has 0 atom stereocenters. The van der Waals surface area contributed by atoms with E-state index in [4.69, 9.17) is 19.4 Å². The molecule has 0 unspecified atom stereocenters. The minimum absolute atomic E-state index is 0.289. The topological polar surface area (TPSA) is 59.5 Å². The van der Waals surface area contributed by atoms with Gasteiger partial charge in [-0.1, -0.05) is 36.4 Å².